The van der Waals surface area contributed by atoms with E-state index in [9.17, 15) is 14.9 Å². The molecule has 3 aromatic rings. The molecule has 4 fully saturated rings. The van der Waals surface area contributed by atoms with Crippen molar-refractivity contribution in [2.24, 2.45) is 17.3 Å². The number of aryl methyl sites for hydroxylation is 1. The number of halogens is 2. The highest BCUT2D eigenvalue weighted by atomic mass is 35.5. The Morgan fingerprint density at radius 2 is 1.97 bits per heavy atom. The third-order valence-corrected chi connectivity index (χ3v) is 9.12. The molecular weight excluding hydrogens is 515 g/mol. The van der Waals surface area contributed by atoms with Gasteiger partial charge >= 0.3 is 5.69 Å². The summed E-state index contributed by atoms with van der Waals surface area (Å²) in [6.45, 7) is 2.42. The molecule has 4 saturated carbocycles. The first-order valence-corrected chi connectivity index (χ1v) is 13.4. The summed E-state index contributed by atoms with van der Waals surface area (Å²) >= 11 is 12.3. The van der Waals surface area contributed by atoms with E-state index >= 15 is 0 Å². The SMILES string of the molecule is Cc1cc(NC(=O)CC23CC4CC(C2)CC(n2cc([N+](=O)[O-])cn2)(C4)C3)nn1Cc1ccc(Cl)cc1Cl. The molecule has 9 nitrogen and oxygen atoms in total. The number of aromatic nitrogens is 4. The van der Waals surface area contributed by atoms with E-state index in [2.05, 4.69) is 15.5 Å². The van der Waals surface area contributed by atoms with E-state index in [4.69, 9.17) is 23.2 Å². The van der Waals surface area contributed by atoms with Gasteiger partial charge in [0, 0.05) is 28.2 Å². The summed E-state index contributed by atoms with van der Waals surface area (Å²) in [4.78, 5) is 24.2. The van der Waals surface area contributed by atoms with Gasteiger partial charge in [-0.3, -0.25) is 24.3 Å². The van der Waals surface area contributed by atoms with Crippen LogP contribution in [0.1, 0.15) is 56.2 Å². The molecule has 4 aliphatic carbocycles. The fraction of sp³-hybridized carbons (Fsp3) is 0.500. The lowest BCUT2D eigenvalue weighted by Crippen LogP contribution is -2.57. The van der Waals surface area contributed by atoms with E-state index in [1.54, 1.807) is 18.3 Å². The van der Waals surface area contributed by atoms with Crippen LogP contribution in [0.3, 0.4) is 0 Å². The molecule has 0 radical (unpaired) electrons. The van der Waals surface area contributed by atoms with Crippen LogP contribution in [0.4, 0.5) is 11.5 Å². The van der Waals surface area contributed by atoms with Crippen molar-refractivity contribution in [3.8, 4) is 0 Å². The van der Waals surface area contributed by atoms with Crippen LogP contribution < -0.4 is 5.32 Å². The summed E-state index contributed by atoms with van der Waals surface area (Å²) in [5.41, 5.74) is 1.47. The van der Waals surface area contributed by atoms with E-state index in [0.717, 1.165) is 43.4 Å². The Balaban J connectivity index is 1.17. The van der Waals surface area contributed by atoms with Crippen LogP contribution >= 0.6 is 23.2 Å². The summed E-state index contributed by atoms with van der Waals surface area (Å²) < 4.78 is 3.65. The number of nitrogens with zero attached hydrogens (tertiary/aromatic N) is 5. The maximum Gasteiger partial charge on any atom is 0.307 e. The molecule has 2 aromatic heterocycles. The van der Waals surface area contributed by atoms with Gasteiger partial charge in [-0.2, -0.15) is 10.2 Å². The van der Waals surface area contributed by atoms with Crippen LogP contribution in [0, 0.1) is 34.3 Å². The van der Waals surface area contributed by atoms with Crippen LogP contribution in [-0.4, -0.2) is 30.4 Å². The van der Waals surface area contributed by atoms with Crippen molar-refractivity contribution < 1.29 is 9.72 Å². The summed E-state index contributed by atoms with van der Waals surface area (Å²) in [5.74, 6) is 1.51. The molecule has 0 aliphatic heterocycles. The van der Waals surface area contributed by atoms with Crippen molar-refractivity contribution in [1.82, 2.24) is 19.6 Å². The maximum atomic E-state index is 13.3. The predicted molar refractivity (Wildman–Crippen MR) is 140 cm³/mol. The average molecular weight is 543 g/mol. The number of carbonyl (C=O) groups excluding carboxylic acids is 1. The Labute approximate surface area is 224 Å². The van der Waals surface area contributed by atoms with Gasteiger partial charge in [-0.05, 0) is 80.4 Å². The zero-order chi connectivity index (χ0) is 25.9. The van der Waals surface area contributed by atoms with Crippen molar-refractivity contribution in [2.75, 3.05) is 5.32 Å². The van der Waals surface area contributed by atoms with Crippen LogP contribution in [0.25, 0.3) is 0 Å². The topological polar surface area (TPSA) is 108 Å². The van der Waals surface area contributed by atoms with Crippen LogP contribution in [0.2, 0.25) is 10.0 Å². The number of nitro groups is 1. The first-order valence-electron chi connectivity index (χ1n) is 12.6. The summed E-state index contributed by atoms with van der Waals surface area (Å²) in [6.07, 6.45) is 9.31. The molecule has 4 bridgehead atoms. The molecule has 11 heteroatoms. The molecule has 1 amide bonds. The van der Waals surface area contributed by atoms with Crippen molar-refractivity contribution in [3.63, 3.8) is 0 Å². The normalized spacial score (nSPS) is 28.0. The Morgan fingerprint density at radius 1 is 1.22 bits per heavy atom. The molecule has 4 aliphatic rings. The van der Waals surface area contributed by atoms with Gasteiger partial charge < -0.3 is 5.32 Å². The largest absolute Gasteiger partial charge is 0.309 e. The highest BCUT2D eigenvalue weighted by Gasteiger charge is 2.59. The fourth-order valence-electron chi connectivity index (χ4n) is 7.61. The number of nitrogens with one attached hydrogen (secondary N) is 1. The zero-order valence-electron chi connectivity index (χ0n) is 20.5. The Morgan fingerprint density at radius 3 is 2.65 bits per heavy atom. The molecule has 1 aromatic carbocycles. The second-order valence-electron chi connectivity index (χ2n) is 11.4. The lowest BCUT2D eigenvalue weighted by Gasteiger charge is -2.61. The molecule has 0 spiro atoms. The van der Waals surface area contributed by atoms with Gasteiger partial charge in [-0.1, -0.05) is 29.3 Å². The van der Waals surface area contributed by atoms with Gasteiger partial charge in [-0.25, -0.2) is 0 Å². The van der Waals surface area contributed by atoms with Crippen LogP contribution in [0.5, 0.6) is 0 Å². The number of anilines is 1. The van der Waals surface area contributed by atoms with Gasteiger partial charge in [0.1, 0.15) is 12.4 Å². The summed E-state index contributed by atoms with van der Waals surface area (Å²) in [6, 6.07) is 7.25. The molecule has 1 N–H and O–H groups in total. The molecular formula is C26H28Cl2N6O3. The van der Waals surface area contributed by atoms with Crippen molar-refractivity contribution in [3.05, 3.63) is 68.1 Å². The monoisotopic (exact) mass is 542 g/mol. The Hall–Kier alpha value is -2.91. The first kappa shape index (κ1) is 24.4. The minimum Gasteiger partial charge on any atom is -0.309 e. The highest BCUT2D eigenvalue weighted by Crippen LogP contribution is 2.65. The molecule has 2 atom stereocenters. The van der Waals surface area contributed by atoms with Crippen molar-refractivity contribution in [1.29, 1.82) is 0 Å². The Bertz CT molecular complexity index is 1380. The quantitative estimate of drug-likeness (QED) is 0.292. The zero-order valence-corrected chi connectivity index (χ0v) is 22.0. The molecule has 0 saturated heterocycles. The molecule has 194 valence electrons. The fourth-order valence-corrected chi connectivity index (χ4v) is 8.08. The third-order valence-electron chi connectivity index (χ3n) is 8.54. The van der Waals surface area contributed by atoms with Gasteiger partial charge in [-0.15, -0.1) is 0 Å². The number of carbonyl (C=O) groups is 1. The number of benzene rings is 1. The smallest absolute Gasteiger partial charge is 0.307 e. The minimum absolute atomic E-state index is 0.0217. The van der Waals surface area contributed by atoms with E-state index in [1.807, 2.05) is 28.4 Å². The van der Waals surface area contributed by atoms with Gasteiger partial charge in [0.2, 0.25) is 5.91 Å². The van der Waals surface area contributed by atoms with Crippen LogP contribution in [0.15, 0.2) is 36.7 Å². The first-order chi connectivity index (χ1) is 17.6. The van der Waals surface area contributed by atoms with Gasteiger partial charge in [0.25, 0.3) is 0 Å². The highest BCUT2D eigenvalue weighted by molar-refractivity contribution is 6.35. The molecule has 7 rings (SSSR count). The standard InChI is InChI=1S/C26H28Cl2N6O3/c1-16-4-23(31-32(16)13-19-2-3-20(27)6-22(19)28)30-24(35)11-25-7-17-5-18(8-25)10-26(9-17,15-25)33-14-21(12-29-33)34(36)37/h2-4,6,12,14,17-18H,5,7-11,13,15H2,1H3,(H,30,31,35). The summed E-state index contributed by atoms with van der Waals surface area (Å²) in [5, 5.41) is 24.4. The van der Waals surface area contributed by atoms with Gasteiger partial charge in [0.15, 0.2) is 5.82 Å². The van der Waals surface area contributed by atoms with Crippen molar-refractivity contribution in [2.45, 2.75) is 64.0 Å². The average Bonchev–Trinajstić information content (AvgIpc) is 3.42. The Kier molecular flexibility index (Phi) is 5.84. The van der Waals surface area contributed by atoms with Crippen molar-refractivity contribution >= 4 is 40.6 Å². The number of hydrogen-bond donors (Lipinski definition) is 1. The van der Waals surface area contributed by atoms with Crippen LogP contribution in [-0.2, 0) is 16.9 Å². The molecule has 37 heavy (non-hydrogen) atoms. The second kappa shape index (κ2) is 8.84. The van der Waals surface area contributed by atoms with Gasteiger partial charge in [0.05, 0.1) is 17.0 Å². The number of rotatable bonds is 7. The van der Waals surface area contributed by atoms with E-state index in [0.29, 0.717) is 40.7 Å². The molecule has 2 unspecified atom stereocenters. The second-order valence-corrected chi connectivity index (χ2v) is 12.2. The number of amides is 1. The minimum atomic E-state index is -0.394. The van der Waals surface area contributed by atoms with E-state index in [1.165, 1.54) is 12.6 Å². The summed E-state index contributed by atoms with van der Waals surface area (Å²) in [7, 11) is 0. The number of hydrogen-bond acceptors (Lipinski definition) is 5. The lowest BCUT2D eigenvalue weighted by molar-refractivity contribution is -0.385. The molecule has 2 heterocycles. The van der Waals surface area contributed by atoms with E-state index < -0.39 is 4.92 Å². The predicted octanol–water partition coefficient (Wildman–Crippen LogP) is 5.98. The van der Waals surface area contributed by atoms with E-state index in [-0.39, 0.29) is 22.5 Å². The lowest BCUT2D eigenvalue weighted by atomic mass is 9.46. The third kappa shape index (κ3) is 4.52. The maximum absolute atomic E-state index is 13.3.